The Hall–Kier alpha value is -0.610. The van der Waals surface area contributed by atoms with Gasteiger partial charge in [-0.2, -0.15) is 0 Å². The molecule has 25 heavy (non-hydrogen) atoms. The summed E-state index contributed by atoms with van der Waals surface area (Å²) in [6.45, 7) is 8.20. The highest BCUT2D eigenvalue weighted by Gasteiger charge is 2.33. The van der Waals surface area contributed by atoms with Crippen LogP contribution >= 0.6 is 11.6 Å². The summed E-state index contributed by atoms with van der Waals surface area (Å²) in [7, 11) is 1.76. The number of hydrogen-bond acceptors (Lipinski definition) is 3. The van der Waals surface area contributed by atoms with E-state index in [0.717, 1.165) is 57.0 Å². The van der Waals surface area contributed by atoms with Crippen molar-refractivity contribution in [2.24, 2.45) is 11.8 Å². The molecule has 0 bridgehead atoms. The molecular weight excluding hydrogens is 334 g/mol. The van der Waals surface area contributed by atoms with Gasteiger partial charge in [-0.15, -0.1) is 0 Å². The van der Waals surface area contributed by atoms with Crippen molar-refractivity contribution in [3.8, 4) is 0 Å². The van der Waals surface area contributed by atoms with Crippen molar-refractivity contribution in [3.05, 3.63) is 34.9 Å². The van der Waals surface area contributed by atoms with Crippen molar-refractivity contribution in [3.63, 3.8) is 0 Å². The van der Waals surface area contributed by atoms with E-state index in [4.69, 9.17) is 21.1 Å². The predicted molar refractivity (Wildman–Crippen MR) is 105 cm³/mol. The van der Waals surface area contributed by atoms with Gasteiger partial charge in [0.2, 0.25) is 0 Å². The van der Waals surface area contributed by atoms with E-state index in [0.29, 0.717) is 11.8 Å². The van der Waals surface area contributed by atoms with Gasteiger partial charge in [-0.25, -0.2) is 0 Å². The zero-order valence-corrected chi connectivity index (χ0v) is 16.8. The molecule has 1 heterocycles. The lowest BCUT2D eigenvalue weighted by molar-refractivity contribution is -0.0830. The third-order valence-corrected chi connectivity index (χ3v) is 5.60. The number of nitrogens with one attached hydrogen (secondary N) is 1. The summed E-state index contributed by atoms with van der Waals surface area (Å²) in [6.07, 6.45) is 5.59. The van der Waals surface area contributed by atoms with Crippen molar-refractivity contribution in [1.29, 1.82) is 0 Å². The Labute approximate surface area is 158 Å². The average molecular weight is 368 g/mol. The Morgan fingerprint density at radius 1 is 1.32 bits per heavy atom. The third kappa shape index (κ3) is 7.26. The lowest BCUT2D eigenvalue weighted by Crippen LogP contribution is -2.38. The van der Waals surface area contributed by atoms with Gasteiger partial charge in [-0.05, 0) is 82.5 Å². The Morgan fingerprint density at radius 3 is 2.84 bits per heavy atom. The summed E-state index contributed by atoms with van der Waals surface area (Å²) in [5, 5.41) is 4.46. The summed E-state index contributed by atoms with van der Waals surface area (Å²) in [5.74, 6) is 1.33. The smallest absolute Gasteiger partial charge is 0.0629 e. The van der Waals surface area contributed by atoms with Gasteiger partial charge in [0.1, 0.15) is 0 Å². The summed E-state index contributed by atoms with van der Waals surface area (Å²) in [6, 6.07) is 8.28. The molecule has 142 valence electrons. The molecule has 0 saturated carbocycles. The van der Waals surface area contributed by atoms with Gasteiger partial charge in [0.25, 0.3) is 0 Å². The molecule has 0 aliphatic carbocycles. The SMILES string of the molecule is COCCCNCC[C@@H](Cc1ccccc1Cl)[C@@H]1CCOC(C)(C)C1. The first kappa shape index (κ1) is 20.7. The van der Waals surface area contributed by atoms with Crippen molar-refractivity contribution in [1.82, 2.24) is 5.32 Å². The van der Waals surface area contributed by atoms with E-state index < -0.39 is 0 Å². The van der Waals surface area contributed by atoms with Gasteiger partial charge in [0.05, 0.1) is 5.60 Å². The summed E-state index contributed by atoms with van der Waals surface area (Å²) < 4.78 is 11.0. The van der Waals surface area contributed by atoms with Crippen LogP contribution in [0.1, 0.15) is 45.1 Å². The van der Waals surface area contributed by atoms with Crippen LogP contribution in [0.3, 0.4) is 0 Å². The van der Waals surface area contributed by atoms with Crippen LogP contribution in [0, 0.1) is 11.8 Å². The summed E-state index contributed by atoms with van der Waals surface area (Å²) in [4.78, 5) is 0. The minimum Gasteiger partial charge on any atom is -0.385 e. The van der Waals surface area contributed by atoms with Gasteiger partial charge in [-0.1, -0.05) is 29.8 Å². The van der Waals surface area contributed by atoms with Crippen LogP contribution < -0.4 is 5.32 Å². The van der Waals surface area contributed by atoms with Gasteiger partial charge >= 0.3 is 0 Å². The molecule has 0 radical (unpaired) electrons. The molecule has 1 aliphatic heterocycles. The Bertz CT molecular complexity index is 506. The van der Waals surface area contributed by atoms with E-state index in [-0.39, 0.29) is 5.60 Å². The van der Waals surface area contributed by atoms with E-state index in [1.165, 1.54) is 12.0 Å². The molecule has 2 rings (SSSR count). The number of ether oxygens (including phenoxy) is 2. The monoisotopic (exact) mass is 367 g/mol. The molecule has 1 aliphatic rings. The highest BCUT2D eigenvalue weighted by atomic mass is 35.5. The van der Waals surface area contributed by atoms with Crippen LogP contribution in [0.25, 0.3) is 0 Å². The predicted octanol–water partition coefficient (Wildman–Crippen LogP) is 4.72. The van der Waals surface area contributed by atoms with E-state index in [2.05, 4.69) is 31.3 Å². The number of rotatable bonds is 10. The van der Waals surface area contributed by atoms with Crippen LogP contribution in [0.4, 0.5) is 0 Å². The molecule has 1 saturated heterocycles. The zero-order chi connectivity index (χ0) is 18.1. The van der Waals surface area contributed by atoms with E-state index in [9.17, 15) is 0 Å². The molecule has 0 unspecified atom stereocenters. The van der Waals surface area contributed by atoms with E-state index >= 15 is 0 Å². The van der Waals surface area contributed by atoms with Gasteiger partial charge in [0, 0.05) is 25.3 Å². The van der Waals surface area contributed by atoms with Crippen molar-refractivity contribution >= 4 is 11.6 Å². The first-order valence-corrected chi connectivity index (χ1v) is 9.96. The summed E-state index contributed by atoms with van der Waals surface area (Å²) >= 11 is 6.43. The lowest BCUT2D eigenvalue weighted by Gasteiger charge is -2.39. The number of methoxy groups -OCH3 is 1. The second-order valence-electron chi connectivity index (χ2n) is 7.80. The molecule has 0 aromatic heterocycles. The maximum Gasteiger partial charge on any atom is 0.0629 e. The molecule has 3 nitrogen and oxygen atoms in total. The molecule has 1 fully saturated rings. The van der Waals surface area contributed by atoms with Gasteiger partial charge < -0.3 is 14.8 Å². The maximum absolute atomic E-state index is 6.43. The Morgan fingerprint density at radius 2 is 2.12 bits per heavy atom. The second-order valence-corrected chi connectivity index (χ2v) is 8.21. The average Bonchev–Trinajstić information content (AvgIpc) is 2.57. The molecule has 1 aromatic rings. The molecule has 4 heteroatoms. The maximum atomic E-state index is 6.43. The van der Waals surface area contributed by atoms with Gasteiger partial charge in [0.15, 0.2) is 0 Å². The molecule has 0 amide bonds. The number of hydrogen-bond donors (Lipinski definition) is 1. The molecule has 0 spiro atoms. The van der Waals surface area contributed by atoms with Crippen LogP contribution in [0.2, 0.25) is 5.02 Å². The summed E-state index contributed by atoms with van der Waals surface area (Å²) in [5.41, 5.74) is 1.27. The van der Waals surface area contributed by atoms with Crippen LogP contribution in [-0.2, 0) is 15.9 Å². The largest absolute Gasteiger partial charge is 0.385 e. The van der Waals surface area contributed by atoms with Crippen LogP contribution in [0.5, 0.6) is 0 Å². The fourth-order valence-corrected chi connectivity index (χ4v) is 4.10. The Kier molecular flexibility index (Phi) is 8.71. The highest BCUT2D eigenvalue weighted by Crippen LogP contribution is 2.37. The first-order chi connectivity index (χ1) is 12.0. The minimum atomic E-state index is -0.00641. The molecule has 1 aromatic carbocycles. The van der Waals surface area contributed by atoms with E-state index in [1.54, 1.807) is 7.11 Å². The molecule has 1 N–H and O–H groups in total. The first-order valence-electron chi connectivity index (χ1n) is 9.59. The number of halogens is 1. The fraction of sp³-hybridized carbons (Fsp3) is 0.714. The quantitative estimate of drug-likeness (QED) is 0.607. The van der Waals surface area contributed by atoms with E-state index in [1.807, 2.05) is 12.1 Å². The van der Waals surface area contributed by atoms with Crippen molar-refractivity contribution in [2.45, 2.75) is 51.6 Å². The van der Waals surface area contributed by atoms with Crippen LogP contribution in [0.15, 0.2) is 24.3 Å². The lowest BCUT2D eigenvalue weighted by atomic mass is 9.75. The van der Waals surface area contributed by atoms with Gasteiger partial charge in [-0.3, -0.25) is 0 Å². The fourth-order valence-electron chi connectivity index (χ4n) is 3.89. The Balaban J connectivity index is 1.94. The second kappa shape index (κ2) is 10.5. The van der Waals surface area contributed by atoms with Crippen LogP contribution in [-0.4, -0.2) is 39.0 Å². The molecular formula is C21H34ClNO2. The number of benzene rings is 1. The van der Waals surface area contributed by atoms with Crippen molar-refractivity contribution in [2.75, 3.05) is 33.4 Å². The third-order valence-electron chi connectivity index (χ3n) is 5.24. The zero-order valence-electron chi connectivity index (χ0n) is 16.0. The van der Waals surface area contributed by atoms with Crippen molar-refractivity contribution < 1.29 is 9.47 Å². The normalized spacial score (nSPS) is 21.2. The highest BCUT2D eigenvalue weighted by molar-refractivity contribution is 6.31. The topological polar surface area (TPSA) is 30.5 Å². The molecule has 2 atom stereocenters. The minimum absolute atomic E-state index is 0.00641. The standard InChI is InChI=1S/C21H34ClNO2/c1-21(2)16-19(10-14-25-21)17(9-12-23-11-6-13-24-3)15-18-7-4-5-8-20(18)22/h4-5,7-8,17,19,23H,6,9-16H2,1-3H3/t17-,19+/m0/s1.